The molecule has 9 heavy (non-hydrogen) atoms. The first kappa shape index (κ1) is 8.84. The van der Waals surface area contributed by atoms with Crippen LogP contribution in [0.2, 0.25) is 0 Å². The summed E-state index contributed by atoms with van der Waals surface area (Å²) in [6.45, 7) is 2.18. The molecule has 0 spiro atoms. The minimum atomic E-state index is 0.0757. The summed E-state index contributed by atoms with van der Waals surface area (Å²) in [5, 5.41) is 16.6. The van der Waals surface area contributed by atoms with E-state index in [1.165, 1.54) is 0 Å². The smallest absolute Gasteiger partial charge is 0.0527 e. The van der Waals surface area contributed by atoms with E-state index in [0.29, 0.717) is 6.42 Å². The predicted octanol–water partition coefficient (Wildman–Crippen LogP) is 0.194. The lowest BCUT2D eigenvalue weighted by Crippen LogP contribution is -2.25. The van der Waals surface area contributed by atoms with Crippen LogP contribution in [0.25, 0.3) is 0 Å². The standard InChI is InChI=1S/C5H14N2O2/c1-2-5(6)3-4-7(8)9/h5,8-9H,2-4,6H2,1H3. The Morgan fingerprint density at radius 3 is 2.44 bits per heavy atom. The molecular weight excluding hydrogens is 120 g/mol. The molecule has 0 fully saturated rings. The van der Waals surface area contributed by atoms with Crippen LogP contribution in [0.1, 0.15) is 19.8 Å². The van der Waals surface area contributed by atoms with Gasteiger partial charge in [-0.2, -0.15) is 0 Å². The molecule has 0 saturated carbocycles. The molecule has 0 bridgehead atoms. The average molecular weight is 134 g/mol. The molecule has 1 unspecified atom stereocenters. The number of hydrogen-bond donors (Lipinski definition) is 3. The maximum atomic E-state index is 8.23. The normalized spacial score (nSPS) is 14.3. The molecule has 0 aliphatic rings. The van der Waals surface area contributed by atoms with E-state index in [9.17, 15) is 0 Å². The average Bonchev–Trinajstić information content (AvgIpc) is 1.83. The van der Waals surface area contributed by atoms with Crippen molar-refractivity contribution >= 4 is 0 Å². The fourth-order valence-corrected chi connectivity index (χ4v) is 0.485. The number of hydroxylamine groups is 2. The number of hydrogen-bond acceptors (Lipinski definition) is 4. The van der Waals surface area contributed by atoms with E-state index >= 15 is 0 Å². The van der Waals surface area contributed by atoms with E-state index in [1.807, 2.05) is 6.92 Å². The Morgan fingerprint density at radius 2 is 2.11 bits per heavy atom. The van der Waals surface area contributed by atoms with Crippen molar-refractivity contribution in [2.75, 3.05) is 6.54 Å². The molecule has 4 nitrogen and oxygen atoms in total. The molecule has 0 saturated heterocycles. The van der Waals surface area contributed by atoms with Crippen LogP contribution in [-0.2, 0) is 0 Å². The van der Waals surface area contributed by atoms with Gasteiger partial charge in [-0.3, -0.25) is 10.4 Å². The van der Waals surface area contributed by atoms with Gasteiger partial charge in [-0.1, -0.05) is 12.2 Å². The Bertz CT molecular complexity index is 68.0. The van der Waals surface area contributed by atoms with Crippen molar-refractivity contribution in [3.05, 3.63) is 0 Å². The second kappa shape index (κ2) is 4.69. The highest BCUT2D eigenvalue weighted by Crippen LogP contribution is 1.92. The van der Waals surface area contributed by atoms with Crippen molar-refractivity contribution in [3.8, 4) is 0 Å². The molecule has 0 aromatic carbocycles. The minimum Gasteiger partial charge on any atom is -0.328 e. The number of rotatable bonds is 4. The second-order valence-corrected chi connectivity index (χ2v) is 2.05. The van der Waals surface area contributed by atoms with Crippen LogP contribution in [0.15, 0.2) is 0 Å². The van der Waals surface area contributed by atoms with Crippen molar-refractivity contribution in [1.82, 2.24) is 5.23 Å². The molecule has 4 N–H and O–H groups in total. The molecular formula is C5H14N2O2. The molecule has 0 heterocycles. The molecule has 56 valence electrons. The summed E-state index contributed by atoms with van der Waals surface area (Å²) in [5.41, 5.74) is 5.47. The summed E-state index contributed by atoms with van der Waals surface area (Å²) in [6.07, 6.45) is 1.48. The van der Waals surface area contributed by atoms with Crippen LogP contribution in [0.4, 0.5) is 0 Å². The van der Waals surface area contributed by atoms with Crippen LogP contribution >= 0.6 is 0 Å². The Labute approximate surface area is 54.8 Å². The predicted molar refractivity (Wildman–Crippen MR) is 33.2 cm³/mol. The Hall–Kier alpha value is -0.160. The first-order valence-corrected chi connectivity index (χ1v) is 3.07. The summed E-state index contributed by atoms with van der Waals surface area (Å²) < 4.78 is 0. The molecule has 0 radical (unpaired) electrons. The van der Waals surface area contributed by atoms with Crippen LogP contribution < -0.4 is 5.73 Å². The van der Waals surface area contributed by atoms with E-state index in [2.05, 4.69) is 0 Å². The van der Waals surface area contributed by atoms with Crippen molar-refractivity contribution < 1.29 is 10.4 Å². The lowest BCUT2D eigenvalue weighted by atomic mass is 10.2. The SMILES string of the molecule is CCC(N)CCN(O)O. The summed E-state index contributed by atoms with van der Waals surface area (Å²) in [4.78, 5) is 0. The van der Waals surface area contributed by atoms with Crippen LogP contribution in [-0.4, -0.2) is 28.2 Å². The van der Waals surface area contributed by atoms with E-state index < -0.39 is 0 Å². The molecule has 4 heteroatoms. The summed E-state index contributed by atoms with van der Waals surface area (Å²) in [6, 6.07) is 0.0757. The van der Waals surface area contributed by atoms with Gasteiger partial charge in [-0.15, -0.1) is 0 Å². The highest BCUT2D eigenvalue weighted by Gasteiger charge is 2.00. The Morgan fingerprint density at radius 1 is 1.56 bits per heavy atom. The van der Waals surface area contributed by atoms with Gasteiger partial charge in [-0.25, -0.2) is 0 Å². The molecule has 1 atom stereocenters. The van der Waals surface area contributed by atoms with Gasteiger partial charge >= 0.3 is 0 Å². The van der Waals surface area contributed by atoms with Crippen molar-refractivity contribution in [2.45, 2.75) is 25.8 Å². The lowest BCUT2D eigenvalue weighted by molar-refractivity contribution is -0.307. The molecule has 0 aromatic heterocycles. The van der Waals surface area contributed by atoms with Gasteiger partial charge in [0.2, 0.25) is 0 Å². The van der Waals surface area contributed by atoms with Crippen LogP contribution in [0, 0.1) is 0 Å². The van der Waals surface area contributed by atoms with Crippen molar-refractivity contribution in [2.24, 2.45) is 5.73 Å². The quantitative estimate of drug-likeness (QED) is 0.480. The second-order valence-electron chi connectivity index (χ2n) is 2.05. The fourth-order valence-electron chi connectivity index (χ4n) is 0.485. The zero-order valence-electron chi connectivity index (χ0n) is 5.62. The summed E-state index contributed by atoms with van der Waals surface area (Å²) in [5.74, 6) is 0. The van der Waals surface area contributed by atoms with Gasteiger partial charge in [-0.05, 0) is 12.8 Å². The van der Waals surface area contributed by atoms with Gasteiger partial charge in [0.25, 0.3) is 0 Å². The Balaban J connectivity index is 3.06. The highest BCUT2D eigenvalue weighted by molar-refractivity contribution is 4.56. The largest absolute Gasteiger partial charge is 0.328 e. The van der Waals surface area contributed by atoms with E-state index in [0.717, 1.165) is 6.42 Å². The Kier molecular flexibility index (Phi) is 4.61. The first-order valence-electron chi connectivity index (χ1n) is 3.07. The lowest BCUT2D eigenvalue weighted by Gasteiger charge is -2.09. The zero-order chi connectivity index (χ0) is 7.28. The molecule has 0 aliphatic carbocycles. The van der Waals surface area contributed by atoms with Gasteiger partial charge in [0, 0.05) is 6.04 Å². The molecule has 0 amide bonds. The van der Waals surface area contributed by atoms with E-state index in [4.69, 9.17) is 16.1 Å². The minimum absolute atomic E-state index is 0.0757. The number of nitrogens with two attached hydrogens (primary N) is 1. The van der Waals surface area contributed by atoms with Gasteiger partial charge in [0.15, 0.2) is 0 Å². The third-order valence-electron chi connectivity index (χ3n) is 1.22. The monoisotopic (exact) mass is 134 g/mol. The first-order chi connectivity index (χ1) is 4.16. The van der Waals surface area contributed by atoms with E-state index in [1.54, 1.807) is 0 Å². The maximum Gasteiger partial charge on any atom is 0.0527 e. The molecule has 0 aliphatic heterocycles. The third kappa shape index (κ3) is 5.72. The molecule has 0 aromatic rings. The number of nitrogens with zero attached hydrogens (tertiary/aromatic N) is 1. The third-order valence-corrected chi connectivity index (χ3v) is 1.22. The van der Waals surface area contributed by atoms with Crippen molar-refractivity contribution in [3.63, 3.8) is 0 Å². The van der Waals surface area contributed by atoms with Crippen molar-refractivity contribution in [1.29, 1.82) is 0 Å². The van der Waals surface area contributed by atoms with Gasteiger partial charge in [0.05, 0.1) is 6.54 Å². The fraction of sp³-hybridized carbons (Fsp3) is 1.00. The summed E-state index contributed by atoms with van der Waals surface area (Å²) >= 11 is 0. The van der Waals surface area contributed by atoms with E-state index in [-0.39, 0.29) is 17.8 Å². The van der Waals surface area contributed by atoms with Crippen LogP contribution in [0.5, 0.6) is 0 Å². The topological polar surface area (TPSA) is 69.7 Å². The summed E-state index contributed by atoms with van der Waals surface area (Å²) in [7, 11) is 0. The van der Waals surface area contributed by atoms with Crippen LogP contribution in [0.3, 0.4) is 0 Å². The highest BCUT2D eigenvalue weighted by atomic mass is 16.8. The molecule has 0 rings (SSSR count). The maximum absolute atomic E-state index is 8.23. The van der Waals surface area contributed by atoms with Gasteiger partial charge in [0.1, 0.15) is 0 Å². The van der Waals surface area contributed by atoms with Gasteiger partial charge < -0.3 is 5.73 Å². The zero-order valence-corrected chi connectivity index (χ0v) is 5.62.